The van der Waals surface area contributed by atoms with Gasteiger partial charge in [-0.3, -0.25) is 0 Å². The largest absolute Gasteiger partial charge is 0.384 e. The lowest BCUT2D eigenvalue weighted by Crippen LogP contribution is -2.62. The van der Waals surface area contributed by atoms with Crippen LogP contribution < -0.4 is 4.72 Å². The number of methoxy groups -OCH3 is 1. The summed E-state index contributed by atoms with van der Waals surface area (Å²) in [7, 11) is -2.18. The van der Waals surface area contributed by atoms with Gasteiger partial charge in [0.2, 0.25) is 10.0 Å². The molecule has 0 bridgehead atoms. The summed E-state index contributed by atoms with van der Waals surface area (Å²) in [6.45, 7) is 1.06. The van der Waals surface area contributed by atoms with E-state index in [1.807, 2.05) is 0 Å². The van der Waals surface area contributed by atoms with Crippen molar-refractivity contribution in [2.75, 3.05) is 20.3 Å². The Labute approximate surface area is 133 Å². The second-order valence-corrected chi connectivity index (χ2v) is 7.75. The van der Waals surface area contributed by atoms with E-state index in [0.717, 1.165) is 18.6 Å². The lowest BCUT2D eigenvalue weighted by molar-refractivity contribution is -0.0775. The fourth-order valence-corrected chi connectivity index (χ4v) is 4.90. The van der Waals surface area contributed by atoms with Gasteiger partial charge in [0.15, 0.2) is 0 Å². The zero-order valence-corrected chi connectivity index (χ0v) is 13.5. The van der Waals surface area contributed by atoms with E-state index in [4.69, 9.17) is 21.1 Å². The molecule has 1 aromatic rings. The molecule has 3 rings (SSSR count). The van der Waals surface area contributed by atoms with Crippen molar-refractivity contribution >= 4 is 21.6 Å². The van der Waals surface area contributed by atoms with Crippen LogP contribution in [0.25, 0.3) is 0 Å². The number of rotatable bonds is 5. The van der Waals surface area contributed by atoms with Crippen molar-refractivity contribution in [3.63, 3.8) is 0 Å². The van der Waals surface area contributed by atoms with Crippen molar-refractivity contribution in [2.45, 2.75) is 23.5 Å². The quantitative estimate of drug-likeness (QED) is 0.880. The van der Waals surface area contributed by atoms with E-state index >= 15 is 0 Å². The summed E-state index contributed by atoms with van der Waals surface area (Å²) < 4.78 is 51.6. The molecular weight excluding hydrogens is 333 g/mol. The molecule has 2 aliphatic rings. The summed E-state index contributed by atoms with van der Waals surface area (Å²) in [5.41, 5.74) is 0. The van der Waals surface area contributed by atoms with Gasteiger partial charge in [0.25, 0.3) is 0 Å². The summed E-state index contributed by atoms with van der Waals surface area (Å²) in [4.78, 5) is -0.0440. The smallest absolute Gasteiger partial charge is 0.240 e. The van der Waals surface area contributed by atoms with E-state index in [-0.39, 0.29) is 33.9 Å². The zero-order chi connectivity index (χ0) is 15.9. The molecule has 2 fully saturated rings. The first-order chi connectivity index (χ1) is 10.4. The highest BCUT2D eigenvalue weighted by molar-refractivity contribution is 7.89. The van der Waals surface area contributed by atoms with Gasteiger partial charge in [-0.15, -0.1) is 0 Å². The van der Waals surface area contributed by atoms with Gasteiger partial charge in [-0.2, -0.15) is 0 Å². The molecule has 122 valence electrons. The van der Waals surface area contributed by atoms with E-state index in [0.29, 0.717) is 13.2 Å². The van der Waals surface area contributed by atoms with Gasteiger partial charge in [0.1, 0.15) is 5.82 Å². The molecule has 1 saturated carbocycles. The highest BCUT2D eigenvalue weighted by Crippen LogP contribution is 2.44. The lowest BCUT2D eigenvalue weighted by Gasteiger charge is -2.47. The minimum Gasteiger partial charge on any atom is -0.384 e. The van der Waals surface area contributed by atoms with Crippen LogP contribution in [0.4, 0.5) is 4.39 Å². The molecule has 4 atom stereocenters. The van der Waals surface area contributed by atoms with Gasteiger partial charge in [-0.05, 0) is 24.6 Å². The average Bonchev–Trinajstić information content (AvgIpc) is 2.90. The Morgan fingerprint density at radius 2 is 2.27 bits per heavy atom. The van der Waals surface area contributed by atoms with E-state index in [1.54, 1.807) is 7.11 Å². The number of hydrogen-bond acceptors (Lipinski definition) is 4. The van der Waals surface area contributed by atoms with Crippen LogP contribution >= 0.6 is 11.6 Å². The number of halogens is 2. The van der Waals surface area contributed by atoms with E-state index in [2.05, 4.69) is 4.72 Å². The van der Waals surface area contributed by atoms with Crippen LogP contribution in [0.1, 0.15) is 6.42 Å². The Morgan fingerprint density at radius 3 is 2.95 bits per heavy atom. The van der Waals surface area contributed by atoms with Crippen molar-refractivity contribution in [1.82, 2.24) is 4.72 Å². The number of hydrogen-bond donors (Lipinski definition) is 1. The minimum atomic E-state index is -3.76. The van der Waals surface area contributed by atoms with Crippen molar-refractivity contribution in [1.29, 1.82) is 0 Å². The molecular formula is C14H17ClFNO4S. The molecule has 1 saturated heterocycles. The van der Waals surface area contributed by atoms with Gasteiger partial charge >= 0.3 is 0 Å². The van der Waals surface area contributed by atoms with Crippen molar-refractivity contribution < 1.29 is 22.3 Å². The number of sulfonamides is 1. The molecule has 0 spiro atoms. The molecule has 0 amide bonds. The van der Waals surface area contributed by atoms with Gasteiger partial charge in [-0.25, -0.2) is 17.5 Å². The Balaban J connectivity index is 1.79. The number of benzene rings is 1. The summed E-state index contributed by atoms with van der Waals surface area (Å²) in [5.74, 6) is -0.500. The molecule has 0 aromatic heterocycles. The predicted molar refractivity (Wildman–Crippen MR) is 78.7 cm³/mol. The monoisotopic (exact) mass is 349 g/mol. The fraction of sp³-hybridized carbons (Fsp3) is 0.571. The normalized spacial score (nSPS) is 30.9. The molecule has 0 radical (unpaired) electrons. The van der Waals surface area contributed by atoms with Gasteiger partial charge in [-0.1, -0.05) is 11.6 Å². The molecule has 22 heavy (non-hydrogen) atoms. The standard InChI is InChI=1S/C14H17ClFNO4S/c1-20-7-10-13(9-4-5-21-14(9)10)17-22(18,19)8-2-3-12(16)11(15)6-8/h2-3,6,9-10,13-14,17H,4-5,7H2,1H3/t9-,10+,13+,14-/m1/s1. The van der Waals surface area contributed by atoms with Crippen LogP contribution in [0.2, 0.25) is 5.02 Å². The minimum absolute atomic E-state index is 0.0109. The van der Waals surface area contributed by atoms with Crippen LogP contribution in [0, 0.1) is 17.7 Å². The second-order valence-electron chi connectivity index (χ2n) is 5.63. The first kappa shape index (κ1) is 16.1. The van der Waals surface area contributed by atoms with E-state index < -0.39 is 15.8 Å². The van der Waals surface area contributed by atoms with Gasteiger partial charge < -0.3 is 9.47 Å². The summed E-state index contributed by atoms with van der Waals surface area (Å²) in [6, 6.07) is 3.13. The third-order valence-electron chi connectivity index (χ3n) is 4.38. The molecule has 1 aliphatic carbocycles. The molecule has 1 N–H and O–H groups in total. The first-order valence-electron chi connectivity index (χ1n) is 7.02. The number of fused-ring (bicyclic) bond motifs is 1. The zero-order valence-electron chi connectivity index (χ0n) is 12.0. The molecule has 0 unspecified atom stereocenters. The fourth-order valence-electron chi connectivity index (χ4n) is 3.29. The maximum atomic E-state index is 13.2. The predicted octanol–water partition coefficient (Wildman–Crippen LogP) is 1.81. The third-order valence-corrected chi connectivity index (χ3v) is 6.13. The molecule has 5 nitrogen and oxygen atoms in total. The van der Waals surface area contributed by atoms with Gasteiger partial charge in [0, 0.05) is 31.6 Å². The van der Waals surface area contributed by atoms with E-state index in [1.165, 1.54) is 6.07 Å². The molecule has 8 heteroatoms. The SMILES string of the molecule is COC[C@H]1[C@@H](NS(=O)(=O)c2ccc(F)c(Cl)c2)[C@H]2CCO[C@H]21. The van der Waals surface area contributed by atoms with Gasteiger partial charge in [0.05, 0.1) is 22.6 Å². The van der Waals surface area contributed by atoms with E-state index in [9.17, 15) is 12.8 Å². The Morgan fingerprint density at radius 1 is 1.50 bits per heavy atom. The Kier molecular flexibility index (Phi) is 4.44. The maximum Gasteiger partial charge on any atom is 0.240 e. The van der Waals surface area contributed by atoms with Crippen LogP contribution in [0.3, 0.4) is 0 Å². The van der Waals surface area contributed by atoms with Crippen molar-refractivity contribution in [3.05, 3.63) is 29.0 Å². The topological polar surface area (TPSA) is 64.6 Å². The summed E-state index contributed by atoms with van der Waals surface area (Å²) in [5, 5.41) is -0.216. The molecule has 1 heterocycles. The van der Waals surface area contributed by atoms with Crippen molar-refractivity contribution in [3.8, 4) is 0 Å². The number of ether oxygens (including phenoxy) is 2. The lowest BCUT2D eigenvalue weighted by atomic mass is 9.68. The van der Waals surface area contributed by atoms with Crippen LogP contribution in [0.5, 0.6) is 0 Å². The Bertz CT molecular complexity index is 669. The molecule has 1 aromatic carbocycles. The van der Waals surface area contributed by atoms with Crippen molar-refractivity contribution in [2.24, 2.45) is 11.8 Å². The third kappa shape index (κ3) is 2.76. The van der Waals surface area contributed by atoms with Crippen LogP contribution in [-0.4, -0.2) is 40.9 Å². The van der Waals surface area contributed by atoms with Crippen LogP contribution in [-0.2, 0) is 19.5 Å². The summed E-state index contributed by atoms with van der Waals surface area (Å²) >= 11 is 5.66. The second kappa shape index (κ2) is 6.05. The Hall–Kier alpha value is -0.730. The highest BCUT2D eigenvalue weighted by Gasteiger charge is 2.54. The number of nitrogens with one attached hydrogen (secondary N) is 1. The highest BCUT2D eigenvalue weighted by atomic mass is 35.5. The molecule has 1 aliphatic heterocycles. The van der Waals surface area contributed by atoms with Crippen LogP contribution in [0.15, 0.2) is 23.1 Å². The first-order valence-corrected chi connectivity index (χ1v) is 8.88. The maximum absolute atomic E-state index is 13.2. The summed E-state index contributed by atoms with van der Waals surface area (Å²) in [6.07, 6.45) is 0.867. The average molecular weight is 350 g/mol.